The number of aromatic amines is 2. The van der Waals surface area contributed by atoms with Crippen molar-refractivity contribution >= 4 is 17.0 Å². The first kappa shape index (κ1) is 13.0. The molecular formula is C15H15N5O2. The van der Waals surface area contributed by atoms with Gasteiger partial charge in [-0.05, 0) is 18.2 Å². The maximum atomic E-state index is 11.6. The Morgan fingerprint density at radius 1 is 1.36 bits per heavy atom. The summed E-state index contributed by atoms with van der Waals surface area (Å²) in [4.78, 5) is 28.4. The number of pyridine rings is 1. The predicted octanol–water partition coefficient (Wildman–Crippen LogP) is 1.30. The van der Waals surface area contributed by atoms with E-state index in [1.807, 2.05) is 29.3 Å². The van der Waals surface area contributed by atoms with Crippen LogP contribution in [0.15, 0.2) is 30.7 Å². The lowest BCUT2D eigenvalue weighted by Crippen LogP contribution is -2.45. The summed E-state index contributed by atoms with van der Waals surface area (Å²) in [6.45, 7) is 1.03. The Balaban J connectivity index is 1.63. The molecule has 3 aromatic heterocycles. The zero-order valence-electron chi connectivity index (χ0n) is 11.8. The smallest absolute Gasteiger partial charge is 0.321 e. The van der Waals surface area contributed by atoms with Crippen LogP contribution in [0.5, 0.6) is 0 Å². The predicted molar refractivity (Wildman–Crippen MR) is 79.1 cm³/mol. The second kappa shape index (κ2) is 4.96. The number of nitrogens with zero attached hydrogens (tertiary/aromatic N) is 3. The van der Waals surface area contributed by atoms with E-state index in [1.54, 1.807) is 6.33 Å². The Kier molecular flexibility index (Phi) is 2.93. The molecule has 1 aliphatic heterocycles. The fraction of sp³-hybridized carbons (Fsp3) is 0.267. The first-order valence-corrected chi connectivity index (χ1v) is 7.12. The first-order valence-electron chi connectivity index (χ1n) is 7.12. The zero-order valence-corrected chi connectivity index (χ0v) is 11.8. The number of rotatable bonds is 3. The highest BCUT2D eigenvalue weighted by atomic mass is 16.4. The molecule has 3 aromatic rings. The van der Waals surface area contributed by atoms with Gasteiger partial charge in [0.05, 0.1) is 23.4 Å². The Morgan fingerprint density at radius 3 is 3.14 bits per heavy atom. The molecular weight excluding hydrogens is 282 g/mol. The molecule has 22 heavy (non-hydrogen) atoms. The molecule has 4 heterocycles. The van der Waals surface area contributed by atoms with Gasteiger partial charge in [-0.3, -0.25) is 9.69 Å². The van der Waals surface area contributed by atoms with Crippen molar-refractivity contribution in [2.24, 2.45) is 0 Å². The Labute approximate surface area is 126 Å². The number of H-pyrrole nitrogens is 2. The molecule has 0 amide bonds. The van der Waals surface area contributed by atoms with Crippen molar-refractivity contribution in [3.63, 3.8) is 0 Å². The van der Waals surface area contributed by atoms with Gasteiger partial charge >= 0.3 is 5.97 Å². The van der Waals surface area contributed by atoms with E-state index >= 15 is 0 Å². The summed E-state index contributed by atoms with van der Waals surface area (Å²) >= 11 is 0. The molecule has 1 aliphatic rings. The van der Waals surface area contributed by atoms with Crippen LogP contribution in [0.2, 0.25) is 0 Å². The molecule has 1 unspecified atom stereocenters. The number of fused-ring (bicyclic) bond motifs is 2. The summed E-state index contributed by atoms with van der Waals surface area (Å²) in [6.07, 6.45) is 3.88. The monoisotopic (exact) mass is 297 g/mol. The van der Waals surface area contributed by atoms with E-state index in [-0.39, 0.29) is 0 Å². The van der Waals surface area contributed by atoms with E-state index in [1.165, 1.54) is 0 Å². The number of carboxylic acids is 1. The third-order valence-corrected chi connectivity index (χ3v) is 4.11. The van der Waals surface area contributed by atoms with Gasteiger partial charge in [0.1, 0.15) is 11.7 Å². The van der Waals surface area contributed by atoms with Crippen LogP contribution in [0.4, 0.5) is 0 Å². The molecule has 0 bridgehead atoms. The summed E-state index contributed by atoms with van der Waals surface area (Å²) in [5, 5.41) is 10.5. The Hall–Kier alpha value is -2.67. The minimum Gasteiger partial charge on any atom is -0.480 e. The molecule has 7 heteroatoms. The van der Waals surface area contributed by atoms with Crippen molar-refractivity contribution in [2.75, 3.05) is 0 Å². The number of carboxylic acid groups (broad SMARTS) is 1. The zero-order chi connectivity index (χ0) is 15.1. The van der Waals surface area contributed by atoms with E-state index in [2.05, 4.69) is 19.9 Å². The third-order valence-electron chi connectivity index (χ3n) is 4.11. The molecule has 0 aromatic carbocycles. The van der Waals surface area contributed by atoms with Gasteiger partial charge in [0.25, 0.3) is 0 Å². The first-order chi connectivity index (χ1) is 10.7. The SMILES string of the molecule is O=C(O)C1Cc2nc[nH]c2CN1Cc1ccc2cc[nH]c2n1. The van der Waals surface area contributed by atoms with Crippen molar-refractivity contribution in [1.29, 1.82) is 0 Å². The highest BCUT2D eigenvalue weighted by molar-refractivity contribution is 5.75. The highest BCUT2D eigenvalue weighted by Gasteiger charge is 2.33. The number of carbonyl (C=O) groups is 1. The minimum atomic E-state index is -0.824. The molecule has 112 valence electrons. The lowest BCUT2D eigenvalue weighted by molar-refractivity contribution is -0.144. The van der Waals surface area contributed by atoms with Crippen molar-refractivity contribution in [1.82, 2.24) is 24.8 Å². The normalized spacial score (nSPS) is 18.5. The number of aliphatic carboxylic acids is 1. The third kappa shape index (κ3) is 2.15. The topological polar surface area (TPSA) is 97.9 Å². The van der Waals surface area contributed by atoms with Crippen LogP contribution in [0.25, 0.3) is 11.0 Å². The van der Waals surface area contributed by atoms with Crippen LogP contribution in [-0.4, -0.2) is 42.0 Å². The number of aromatic nitrogens is 4. The fourth-order valence-electron chi connectivity index (χ4n) is 2.96. The number of imidazole rings is 1. The maximum absolute atomic E-state index is 11.6. The van der Waals surface area contributed by atoms with Crippen molar-refractivity contribution in [3.05, 3.63) is 47.8 Å². The molecule has 1 atom stereocenters. The summed E-state index contributed by atoms with van der Waals surface area (Å²) in [5.41, 5.74) is 3.50. The van der Waals surface area contributed by atoms with E-state index < -0.39 is 12.0 Å². The lowest BCUT2D eigenvalue weighted by atomic mass is 10.0. The van der Waals surface area contributed by atoms with Gasteiger partial charge in [-0.2, -0.15) is 0 Å². The number of hydrogen-bond acceptors (Lipinski definition) is 4. The lowest BCUT2D eigenvalue weighted by Gasteiger charge is -2.31. The largest absolute Gasteiger partial charge is 0.480 e. The quantitative estimate of drug-likeness (QED) is 0.677. The molecule has 0 spiro atoms. The minimum absolute atomic E-state index is 0.416. The molecule has 0 fully saturated rings. The number of hydrogen-bond donors (Lipinski definition) is 3. The average Bonchev–Trinajstić information content (AvgIpc) is 3.13. The molecule has 0 saturated carbocycles. The van der Waals surface area contributed by atoms with Crippen molar-refractivity contribution < 1.29 is 9.90 Å². The summed E-state index contributed by atoms with van der Waals surface area (Å²) in [5.74, 6) is -0.824. The van der Waals surface area contributed by atoms with E-state index in [4.69, 9.17) is 0 Å². The van der Waals surface area contributed by atoms with Crippen LogP contribution in [0.1, 0.15) is 17.1 Å². The van der Waals surface area contributed by atoms with Gasteiger partial charge < -0.3 is 15.1 Å². The van der Waals surface area contributed by atoms with Crippen LogP contribution in [-0.2, 0) is 24.3 Å². The van der Waals surface area contributed by atoms with Gasteiger partial charge in [-0.1, -0.05) is 0 Å². The fourth-order valence-corrected chi connectivity index (χ4v) is 2.96. The van der Waals surface area contributed by atoms with Gasteiger partial charge in [-0.15, -0.1) is 0 Å². The molecule has 7 nitrogen and oxygen atoms in total. The molecule has 4 rings (SSSR count). The van der Waals surface area contributed by atoms with Crippen molar-refractivity contribution in [3.8, 4) is 0 Å². The second-order valence-corrected chi connectivity index (χ2v) is 5.51. The summed E-state index contributed by atoms with van der Waals surface area (Å²) in [7, 11) is 0. The van der Waals surface area contributed by atoms with Crippen LogP contribution in [0, 0.1) is 0 Å². The van der Waals surface area contributed by atoms with E-state index in [9.17, 15) is 9.90 Å². The summed E-state index contributed by atoms with van der Waals surface area (Å²) < 4.78 is 0. The summed E-state index contributed by atoms with van der Waals surface area (Å²) in [6, 6.07) is 5.33. The van der Waals surface area contributed by atoms with Crippen LogP contribution >= 0.6 is 0 Å². The Morgan fingerprint density at radius 2 is 2.27 bits per heavy atom. The standard InChI is InChI=1S/C15H15N5O2/c21-15(22)13-5-11-12(18-8-17-11)7-20(13)6-10-2-1-9-3-4-16-14(9)19-10/h1-4,8,13H,5-7H2,(H,16,19)(H,17,18)(H,21,22). The van der Waals surface area contributed by atoms with Crippen molar-refractivity contribution in [2.45, 2.75) is 25.6 Å². The van der Waals surface area contributed by atoms with Gasteiger partial charge in [0.2, 0.25) is 0 Å². The maximum Gasteiger partial charge on any atom is 0.321 e. The van der Waals surface area contributed by atoms with Gasteiger partial charge in [-0.25, -0.2) is 9.97 Å². The number of nitrogens with one attached hydrogen (secondary N) is 2. The molecule has 0 radical (unpaired) electrons. The van der Waals surface area contributed by atoms with E-state index in [0.29, 0.717) is 19.5 Å². The van der Waals surface area contributed by atoms with E-state index in [0.717, 1.165) is 28.1 Å². The molecule has 0 saturated heterocycles. The second-order valence-electron chi connectivity index (χ2n) is 5.51. The Bertz CT molecular complexity index is 837. The van der Waals surface area contributed by atoms with Crippen LogP contribution < -0.4 is 0 Å². The average molecular weight is 297 g/mol. The van der Waals surface area contributed by atoms with Gasteiger partial charge in [0, 0.05) is 31.1 Å². The molecule has 0 aliphatic carbocycles. The molecule has 3 N–H and O–H groups in total. The highest BCUT2D eigenvalue weighted by Crippen LogP contribution is 2.23. The van der Waals surface area contributed by atoms with Crippen LogP contribution in [0.3, 0.4) is 0 Å². The van der Waals surface area contributed by atoms with Gasteiger partial charge in [0.15, 0.2) is 0 Å².